The van der Waals surface area contributed by atoms with Gasteiger partial charge in [-0.3, -0.25) is 4.90 Å². The van der Waals surface area contributed by atoms with E-state index in [1.165, 1.54) is 11.1 Å². The lowest BCUT2D eigenvalue weighted by molar-refractivity contribution is -0.0118. The summed E-state index contributed by atoms with van der Waals surface area (Å²) in [7, 11) is 0. The van der Waals surface area contributed by atoms with Crippen molar-refractivity contribution >= 4 is 11.6 Å². The molecule has 1 aliphatic heterocycles. The molecule has 1 atom stereocenters. The van der Waals surface area contributed by atoms with Gasteiger partial charge in [-0.25, -0.2) is 0 Å². The van der Waals surface area contributed by atoms with Gasteiger partial charge < -0.3 is 4.74 Å². The molecule has 2 rings (SSSR count). The predicted octanol–water partition coefficient (Wildman–Crippen LogP) is 3.55. The molecule has 18 heavy (non-hydrogen) atoms. The smallest absolute Gasteiger partial charge is 0.0594 e. The van der Waals surface area contributed by atoms with E-state index in [0.717, 1.165) is 26.3 Å². The second-order valence-corrected chi connectivity index (χ2v) is 6.05. The summed E-state index contributed by atoms with van der Waals surface area (Å²) < 4.78 is 5.42. The topological polar surface area (TPSA) is 12.5 Å². The molecule has 1 aromatic carbocycles. The van der Waals surface area contributed by atoms with Crippen LogP contribution < -0.4 is 0 Å². The summed E-state index contributed by atoms with van der Waals surface area (Å²) in [5, 5.41) is 0.0746. The highest BCUT2D eigenvalue weighted by molar-refractivity contribution is 6.20. The van der Waals surface area contributed by atoms with Crippen LogP contribution in [-0.4, -0.2) is 31.2 Å². The van der Waals surface area contributed by atoms with Crippen LogP contribution in [0.3, 0.4) is 0 Å². The monoisotopic (exact) mass is 267 g/mol. The van der Waals surface area contributed by atoms with E-state index in [1.807, 2.05) is 6.92 Å². The highest BCUT2D eigenvalue weighted by atomic mass is 35.5. The molecule has 1 fully saturated rings. The molecule has 1 saturated heterocycles. The van der Waals surface area contributed by atoms with Crippen LogP contribution in [0.4, 0.5) is 0 Å². The van der Waals surface area contributed by atoms with Crippen molar-refractivity contribution in [1.82, 2.24) is 4.90 Å². The Labute approximate surface area is 115 Å². The Morgan fingerprint density at radius 1 is 1.17 bits per heavy atom. The van der Waals surface area contributed by atoms with Crippen LogP contribution in [0.25, 0.3) is 0 Å². The minimum absolute atomic E-state index is 0.0534. The quantitative estimate of drug-likeness (QED) is 0.777. The van der Waals surface area contributed by atoms with Crippen molar-refractivity contribution in [2.24, 2.45) is 0 Å². The molecule has 2 nitrogen and oxygen atoms in total. The zero-order valence-electron chi connectivity index (χ0n) is 11.4. The van der Waals surface area contributed by atoms with Crippen LogP contribution >= 0.6 is 11.6 Å². The minimum atomic E-state index is 0.0534. The van der Waals surface area contributed by atoms with Crippen molar-refractivity contribution in [3.8, 4) is 0 Å². The SMILES string of the molecule is CC(Cl)c1ccc(C(C)(C)N2CCOCC2)cc1. The van der Waals surface area contributed by atoms with Gasteiger partial charge in [0.1, 0.15) is 0 Å². The second kappa shape index (κ2) is 5.60. The lowest BCUT2D eigenvalue weighted by Gasteiger charge is -2.41. The lowest BCUT2D eigenvalue weighted by Crippen LogP contribution is -2.47. The maximum Gasteiger partial charge on any atom is 0.0594 e. The zero-order valence-corrected chi connectivity index (χ0v) is 12.2. The summed E-state index contributed by atoms with van der Waals surface area (Å²) in [5.74, 6) is 0. The molecule has 1 heterocycles. The van der Waals surface area contributed by atoms with Crippen LogP contribution in [0.1, 0.15) is 37.3 Å². The highest BCUT2D eigenvalue weighted by Gasteiger charge is 2.29. The van der Waals surface area contributed by atoms with Gasteiger partial charge in [0.05, 0.1) is 18.6 Å². The fraction of sp³-hybridized carbons (Fsp3) is 0.600. The first-order valence-corrected chi connectivity index (χ1v) is 7.03. The van der Waals surface area contributed by atoms with Crippen LogP contribution in [0, 0.1) is 0 Å². The molecule has 0 saturated carbocycles. The fourth-order valence-electron chi connectivity index (χ4n) is 2.46. The third-order valence-electron chi connectivity index (χ3n) is 3.88. The van der Waals surface area contributed by atoms with E-state index in [0.29, 0.717) is 0 Å². The van der Waals surface area contributed by atoms with E-state index < -0.39 is 0 Å². The van der Waals surface area contributed by atoms with Crippen LogP contribution in [0.15, 0.2) is 24.3 Å². The Morgan fingerprint density at radius 2 is 1.72 bits per heavy atom. The Bertz CT molecular complexity index is 380. The molecular formula is C15H22ClNO. The van der Waals surface area contributed by atoms with Gasteiger partial charge in [-0.15, -0.1) is 11.6 Å². The summed E-state index contributed by atoms with van der Waals surface area (Å²) in [6, 6.07) is 8.66. The number of halogens is 1. The fourth-order valence-corrected chi connectivity index (χ4v) is 2.61. The second-order valence-electron chi connectivity index (χ2n) is 5.40. The summed E-state index contributed by atoms with van der Waals surface area (Å²) in [5.41, 5.74) is 2.57. The van der Waals surface area contributed by atoms with E-state index in [2.05, 4.69) is 43.0 Å². The lowest BCUT2D eigenvalue weighted by atomic mass is 9.91. The summed E-state index contributed by atoms with van der Waals surface area (Å²) in [4.78, 5) is 2.48. The molecular weight excluding hydrogens is 246 g/mol. The van der Waals surface area contributed by atoms with Crippen LogP contribution in [0.5, 0.6) is 0 Å². The summed E-state index contributed by atoms with van der Waals surface area (Å²) >= 11 is 6.09. The van der Waals surface area contributed by atoms with Gasteiger partial charge in [-0.2, -0.15) is 0 Å². The average molecular weight is 268 g/mol. The van der Waals surface area contributed by atoms with Crippen molar-refractivity contribution in [2.75, 3.05) is 26.3 Å². The molecule has 0 spiro atoms. The standard InChI is InChI=1S/C15H22ClNO/c1-12(16)13-4-6-14(7-5-13)15(2,3)17-8-10-18-11-9-17/h4-7,12H,8-11H2,1-3H3. The van der Waals surface area contributed by atoms with E-state index in [-0.39, 0.29) is 10.9 Å². The highest BCUT2D eigenvalue weighted by Crippen LogP contribution is 2.30. The normalized spacial score (nSPS) is 19.8. The molecule has 1 aliphatic rings. The first kappa shape index (κ1) is 13.9. The largest absolute Gasteiger partial charge is 0.379 e. The van der Waals surface area contributed by atoms with Crippen molar-refractivity contribution < 1.29 is 4.74 Å². The molecule has 0 N–H and O–H groups in total. The predicted molar refractivity (Wildman–Crippen MR) is 76.1 cm³/mol. The van der Waals surface area contributed by atoms with E-state index in [9.17, 15) is 0 Å². The van der Waals surface area contributed by atoms with Gasteiger partial charge in [0, 0.05) is 18.6 Å². The van der Waals surface area contributed by atoms with Crippen molar-refractivity contribution in [3.05, 3.63) is 35.4 Å². The first-order valence-electron chi connectivity index (χ1n) is 6.59. The maximum atomic E-state index is 6.09. The first-order chi connectivity index (χ1) is 8.51. The number of morpholine rings is 1. The number of hydrogen-bond acceptors (Lipinski definition) is 2. The number of benzene rings is 1. The van der Waals surface area contributed by atoms with Crippen molar-refractivity contribution in [1.29, 1.82) is 0 Å². The third kappa shape index (κ3) is 2.87. The van der Waals surface area contributed by atoms with Gasteiger partial charge in [0.2, 0.25) is 0 Å². The van der Waals surface area contributed by atoms with Crippen molar-refractivity contribution in [2.45, 2.75) is 31.7 Å². The number of alkyl halides is 1. The average Bonchev–Trinajstić information content (AvgIpc) is 2.40. The molecule has 1 unspecified atom stereocenters. The van der Waals surface area contributed by atoms with Gasteiger partial charge in [-0.1, -0.05) is 24.3 Å². The number of rotatable bonds is 3. The van der Waals surface area contributed by atoms with Gasteiger partial charge in [-0.05, 0) is 31.9 Å². The summed E-state index contributed by atoms with van der Waals surface area (Å²) in [6.07, 6.45) is 0. The van der Waals surface area contributed by atoms with Crippen LogP contribution in [-0.2, 0) is 10.3 Å². The van der Waals surface area contributed by atoms with E-state index in [4.69, 9.17) is 16.3 Å². The van der Waals surface area contributed by atoms with Crippen LogP contribution in [0.2, 0.25) is 0 Å². The van der Waals surface area contributed by atoms with Gasteiger partial charge in [0.25, 0.3) is 0 Å². The molecule has 0 aliphatic carbocycles. The Hall–Kier alpha value is -0.570. The maximum absolute atomic E-state index is 6.09. The molecule has 3 heteroatoms. The Morgan fingerprint density at radius 3 is 2.22 bits per heavy atom. The Balaban J connectivity index is 2.17. The summed E-state index contributed by atoms with van der Waals surface area (Å²) in [6.45, 7) is 10.2. The number of nitrogens with zero attached hydrogens (tertiary/aromatic N) is 1. The molecule has 0 radical (unpaired) electrons. The molecule has 100 valence electrons. The Kier molecular flexibility index (Phi) is 4.31. The molecule has 1 aromatic rings. The van der Waals surface area contributed by atoms with Crippen molar-refractivity contribution in [3.63, 3.8) is 0 Å². The number of ether oxygens (including phenoxy) is 1. The van der Waals surface area contributed by atoms with E-state index in [1.54, 1.807) is 0 Å². The number of hydrogen-bond donors (Lipinski definition) is 0. The molecule has 0 amide bonds. The molecule has 0 aromatic heterocycles. The minimum Gasteiger partial charge on any atom is -0.379 e. The zero-order chi connectivity index (χ0) is 13.2. The third-order valence-corrected chi connectivity index (χ3v) is 4.13. The van der Waals surface area contributed by atoms with E-state index >= 15 is 0 Å². The van der Waals surface area contributed by atoms with Gasteiger partial charge >= 0.3 is 0 Å². The molecule has 0 bridgehead atoms. The van der Waals surface area contributed by atoms with Gasteiger partial charge in [0.15, 0.2) is 0 Å².